The van der Waals surface area contributed by atoms with Gasteiger partial charge in [0.25, 0.3) is 5.91 Å². The van der Waals surface area contributed by atoms with Gasteiger partial charge in [-0.05, 0) is 48.1 Å². The van der Waals surface area contributed by atoms with Gasteiger partial charge in [0.1, 0.15) is 0 Å². The van der Waals surface area contributed by atoms with E-state index in [0.717, 1.165) is 23.8 Å². The number of hydrogen-bond donors (Lipinski definition) is 1. The first-order chi connectivity index (χ1) is 12.1. The Kier molecular flexibility index (Phi) is 6.24. The van der Waals surface area contributed by atoms with Crippen molar-refractivity contribution in [3.8, 4) is 0 Å². The summed E-state index contributed by atoms with van der Waals surface area (Å²) >= 11 is 0. The van der Waals surface area contributed by atoms with Gasteiger partial charge in [0.15, 0.2) is 9.84 Å². The van der Waals surface area contributed by atoms with Crippen LogP contribution in [0.25, 0.3) is 0 Å². The lowest BCUT2D eigenvalue weighted by Gasteiger charge is -2.24. The lowest BCUT2D eigenvalue weighted by molar-refractivity contribution is 0.0924. The van der Waals surface area contributed by atoms with Crippen LogP contribution in [-0.2, 0) is 16.3 Å². The van der Waals surface area contributed by atoms with E-state index in [1.165, 1.54) is 17.7 Å². The molecule has 2 rings (SSSR count). The van der Waals surface area contributed by atoms with Crippen LogP contribution in [0, 0.1) is 12.8 Å². The van der Waals surface area contributed by atoms with Gasteiger partial charge in [0.2, 0.25) is 0 Å². The predicted molar refractivity (Wildman–Crippen MR) is 105 cm³/mol. The number of sulfone groups is 1. The number of aryl methyl sites for hydroxylation is 2. The van der Waals surface area contributed by atoms with Gasteiger partial charge >= 0.3 is 0 Å². The van der Waals surface area contributed by atoms with E-state index < -0.39 is 9.84 Å². The molecule has 5 heteroatoms. The summed E-state index contributed by atoms with van der Waals surface area (Å²) in [5.74, 6) is -0.0592. The highest BCUT2D eigenvalue weighted by molar-refractivity contribution is 7.90. The molecule has 0 aliphatic heterocycles. The minimum Gasteiger partial charge on any atom is -0.345 e. The lowest BCUT2D eigenvalue weighted by atomic mass is 9.94. The van der Waals surface area contributed by atoms with Gasteiger partial charge in [-0.3, -0.25) is 4.79 Å². The van der Waals surface area contributed by atoms with Crippen LogP contribution in [0.4, 0.5) is 0 Å². The molecule has 0 aliphatic carbocycles. The normalized spacial score (nSPS) is 12.8. The number of benzene rings is 2. The zero-order chi connectivity index (χ0) is 19.5. The highest BCUT2D eigenvalue weighted by atomic mass is 32.2. The zero-order valence-electron chi connectivity index (χ0n) is 16.0. The van der Waals surface area contributed by atoms with Gasteiger partial charge in [-0.1, -0.05) is 51.1 Å². The van der Waals surface area contributed by atoms with Gasteiger partial charge in [0, 0.05) is 11.8 Å². The molecule has 2 aromatic rings. The maximum absolute atomic E-state index is 12.9. The molecule has 140 valence electrons. The summed E-state index contributed by atoms with van der Waals surface area (Å²) in [6, 6.07) is 12.8. The molecule has 0 spiro atoms. The van der Waals surface area contributed by atoms with Crippen LogP contribution >= 0.6 is 0 Å². The predicted octanol–water partition coefficient (Wildman–Crippen LogP) is 4.09. The van der Waals surface area contributed by atoms with E-state index in [2.05, 4.69) is 38.2 Å². The third kappa shape index (κ3) is 4.73. The van der Waals surface area contributed by atoms with Crippen molar-refractivity contribution in [3.63, 3.8) is 0 Å². The Morgan fingerprint density at radius 1 is 1.08 bits per heavy atom. The van der Waals surface area contributed by atoms with Crippen LogP contribution in [0.15, 0.2) is 47.4 Å². The van der Waals surface area contributed by atoms with Crippen molar-refractivity contribution in [2.24, 2.45) is 5.92 Å². The Hall–Kier alpha value is -2.14. The van der Waals surface area contributed by atoms with Crippen LogP contribution in [0.5, 0.6) is 0 Å². The number of carbonyl (C=O) groups is 1. The third-order valence-corrected chi connectivity index (χ3v) is 5.69. The lowest BCUT2D eigenvalue weighted by Crippen LogP contribution is -2.32. The van der Waals surface area contributed by atoms with E-state index in [0.29, 0.717) is 5.56 Å². The molecular formula is C21H27NO3S. The Labute approximate surface area is 156 Å². The molecule has 0 aromatic heterocycles. The van der Waals surface area contributed by atoms with E-state index in [-0.39, 0.29) is 22.8 Å². The van der Waals surface area contributed by atoms with Crippen LogP contribution < -0.4 is 5.32 Å². The van der Waals surface area contributed by atoms with E-state index in [1.54, 1.807) is 13.0 Å². The number of rotatable bonds is 6. The molecule has 0 saturated carbocycles. The molecule has 2 aromatic carbocycles. The van der Waals surface area contributed by atoms with Crippen molar-refractivity contribution >= 4 is 15.7 Å². The first-order valence-corrected chi connectivity index (χ1v) is 10.7. The summed E-state index contributed by atoms with van der Waals surface area (Å²) in [5, 5.41) is 3.07. The van der Waals surface area contributed by atoms with Crippen LogP contribution in [0.2, 0.25) is 0 Å². The minimum absolute atomic E-state index is 0.144. The molecule has 0 aliphatic rings. The second-order valence-electron chi connectivity index (χ2n) is 7.04. The fraction of sp³-hybridized carbons (Fsp3) is 0.381. The monoisotopic (exact) mass is 373 g/mol. The summed E-state index contributed by atoms with van der Waals surface area (Å²) in [4.78, 5) is 13.0. The van der Waals surface area contributed by atoms with Crippen molar-refractivity contribution in [1.29, 1.82) is 0 Å². The second kappa shape index (κ2) is 8.04. The topological polar surface area (TPSA) is 63.2 Å². The van der Waals surface area contributed by atoms with Crippen molar-refractivity contribution in [1.82, 2.24) is 5.32 Å². The molecule has 1 atom stereocenters. The highest BCUT2D eigenvalue weighted by Gasteiger charge is 2.21. The molecule has 0 heterocycles. The molecule has 0 saturated heterocycles. The van der Waals surface area contributed by atoms with E-state index >= 15 is 0 Å². The molecular weight excluding hydrogens is 346 g/mol. The maximum atomic E-state index is 12.9. The summed E-state index contributed by atoms with van der Waals surface area (Å²) < 4.78 is 23.6. The van der Waals surface area contributed by atoms with Gasteiger partial charge in [0.05, 0.1) is 10.9 Å². The first-order valence-electron chi connectivity index (χ1n) is 8.84. The maximum Gasteiger partial charge on any atom is 0.252 e. The Morgan fingerprint density at radius 2 is 1.69 bits per heavy atom. The van der Waals surface area contributed by atoms with Gasteiger partial charge in [-0.25, -0.2) is 8.42 Å². The Morgan fingerprint density at radius 3 is 2.19 bits per heavy atom. The summed E-state index contributed by atoms with van der Waals surface area (Å²) in [7, 11) is -3.36. The molecule has 1 amide bonds. The van der Waals surface area contributed by atoms with Crippen molar-refractivity contribution in [3.05, 3.63) is 64.7 Å². The summed E-state index contributed by atoms with van der Waals surface area (Å²) in [5.41, 5.74) is 3.43. The second-order valence-corrected chi connectivity index (χ2v) is 9.05. The molecule has 0 fully saturated rings. The van der Waals surface area contributed by atoms with E-state index in [9.17, 15) is 13.2 Å². The van der Waals surface area contributed by atoms with Gasteiger partial charge < -0.3 is 5.32 Å². The molecule has 1 N–H and O–H groups in total. The van der Waals surface area contributed by atoms with Crippen molar-refractivity contribution in [2.45, 2.75) is 45.1 Å². The molecule has 1 unspecified atom stereocenters. The molecule has 4 nitrogen and oxygen atoms in total. The van der Waals surface area contributed by atoms with Crippen molar-refractivity contribution in [2.75, 3.05) is 6.26 Å². The minimum atomic E-state index is -3.36. The quantitative estimate of drug-likeness (QED) is 0.829. The number of hydrogen-bond acceptors (Lipinski definition) is 3. The zero-order valence-corrected chi connectivity index (χ0v) is 16.9. The van der Waals surface area contributed by atoms with E-state index in [1.807, 2.05) is 12.1 Å². The van der Waals surface area contributed by atoms with Crippen LogP contribution in [0.3, 0.4) is 0 Å². The van der Waals surface area contributed by atoms with Crippen LogP contribution in [0.1, 0.15) is 53.9 Å². The third-order valence-electron chi connectivity index (χ3n) is 4.58. The smallest absolute Gasteiger partial charge is 0.252 e. The molecule has 26 heavy (non-hydrogen) atoms. The number of carbonyl (C=O) groups excluding carboxylic acids is 1. The Balaban J connectivity index is 2.33. The average molecular weight is 374 g/mol. The van der Waals surface area contributed by atoms with Crippen molar-refractivity contribution < 1.29 is 13.2 Å². The largest absolute Gasteiger partial charge is 0.345 e. The SMILES string of the molecule is CCc1ccc(C(NC(=O)c2cc(S(C)(=O)=O)ccc2C)C(C)C)cc1. The molecule has 0 bridgehead atoms. The highest BCUT2D eigenvalue weighted by Crippen LogP contribution is 2.24. The standard InChI is InChI=1S/C21H27NO3S/c1-6-16-8-10-17(11-9-16)20(14(2)3)22-21(23)19-13-18(26(5,24)25)12-7-15(19)4/h7-14,20H,6H2,1-5H3,(H,22,23). The number of nitrogens with one attached hydrogen (secondary N) is 1. The fourth-order valence-electron chi connectivity index (χ4n) is 2.89. The van der Waals surface area contributed by atoms with Gasteiger partial charge in [-0.2, -0.15) is 0 Å². The van der Waals surface area contributed by atoms with Crippen LogP contribution in [-0.4, -0.2) is 20.6 Å². The summed E-state index contributed by atoms with van der Waals surface area (Å²) in [6.45, 7) is 8.02. The fourth-order valence-corrected chi connectivity index (χ4v) is 3.54. The average Bonchev–Trinajstić information content (AvgIpc) is 2.58. The molecule has 0 radical (unpaired) electrons. The number of amides is 1. The van der Waals surface area contributed by atoms with E-state index in [4.69, 9.17) is 0 Å². The Bertz CT molecular complexity index is 884. The first kappa shape index (κ1) is 20.2. The van der Waals surface area contributed by atoms with Gasteiger partial charge in [-0.15, -0.1) is 0 Å². The summed E-state index contributed by atoms with van der Waals surface area (Å²) in [6.07, 6.45) is 2.11.